The zero-order valence-electron chi connectivity index (χ0n) is 10.7. The van der Waals surface area contributed by atoms with E-state index in [0.717, 1.165) is 28.9 Å². The van der Waals surface area contributed by atoms with Crippen molar-refractivity contribution in [2.75, 3.05) is 0 Å². The first-order valence-electron chi connectivity index (χ1n) is 6.75. The Balaban J connectivity index is 1.90. The van der Waals surface area contributed by atoms with Crippen LogP contribution in [-0.4, -0.2) is 14.4 Å². The predicted molar refractivity (Wildman–Crippen MR) is 78.7 cm³/mol. The highest BCUT2D eigenvalue weighted by molar-refractivity contribution is 5.81. The molecule has 0 N–H and O–H groups in total. The van der Waals surface area contributed by atoms with Crippen molar-refractivity contribution < 1.29 is 0 Å². The van der Waals surface area contributed by atoms with Crippen LogP contribution in [0.2, 0.25) is 0 Å². The van der Waals surface area contributed by atoms with Gasteiger partial charge in [-0.1, -0.05) is 36.4 Å². The minimum absolute atomic E-state index is 0.779. The van der Waals surface area contributed by atoms with Gasteiger partial charge in [-0.2, -0.15) is 0 Å². The Hall–Kier alpha value is -2.68. The first-order chi connectivity index (χ1) is 9.90. The van der Waals surface area contributed by atoms with E-state index in [2.05, 4.69) is 45.9 Å². The van der Waals surface area contributed by atoms with Gasteiger partial charge in [0.2, 0.25) is 5.78 Å². The average molecular weight is 257 g/mol. The van der Waals surface area contributed by atoms with E-state index >= 15 is 0 Å². The average Bonchev–Trinajstić information content (AvgIpc) is 3.02. The van der Waals surface area contributed by atoms with Crippen molar-refractivity contribution >= 4 is 16.8 Å². The van der Waals surface area contributed by atoms with Crippen LogP contribution in [-0.2, 0) is 6.42 Å². The SMILES string of the molecule is c1ccc2c(c1)Cc1cn3c(nc1-2)nc1ccccc13. The monoisotopic (exact) mass is 257 g/mol. The van der Waals surface area contributed by atoms with Crippen molar-refractivity contribution in [2.45, 2.75) is 6.42 Å². The Morgan fingerprint density at radius 1 is 0.850 bits per heavy atom. The Labute approximate surface area is 115 Å². The van der Waals surface area contributed by atoms with Gasteiger partial charge in [0.25, 0.3) is 0 Å². The maximum atomic E-state index is 4.79. The molecule has 5 rings (SSSR count). The number of benzene rings is 2. The van der Waals surface area contributed by atoms with Gasteiger partial charge < -0.3 is 0 Å². The fourth-order valence-corrected chi connectivity index (χ4v) is 3.10. The zero-order valence-corrected chi connectivity index (χ0v) is 10.7. The van der Waals surface area contributed by atoms with E-state index in [1.807, 2.05) is 18.2 Å². The van der Waals surface area contributed by atoms with Gasteiger partial charge >= 0.3 is 0 Å². The normalized spacial score (nSPS) is 12.8. The van der Waals surface area contributed by atoms with Gasteiger partial charge in [0, 0.05) is 18.2 Å². The molecule has 0 radical (unpaired) electrons. The summed E-state index contributed by atoms with van der Waals surface area (Å²) < 4.78 is 2.10. The summed E-state index contributed by atoms with van der Waals surface area (Å²) in [5.41, 5.74) is 7.08. The first-order valence-corrected chi connectivity index (χ1v) is 6.75. The number of hydrogen-bond donors (Lipinski definition) is 0. The summed E-state index contributed by atoms with van der Waals surface area (Å²) in [6.45, 7) is 0. The summed E-state index contributed by atoms with van der Waals surface area (Å²) in [6.07, 6.45) is 3.15. The maximum absolute atomic E-state index is 4.79. The molecule has 0 saturated heterocycles. The zero-order chi connectivity index (χ0) is 13.1. The maximum Gasteiger partial charge on any atom is 0.235 e. The van der Waals surface area contributed by atoms with E-state index in [4.69, 9.17) is 4.98 Å². The van der Waals surface area contributed by atoms with Crippen molar-refractivity contribution in [3.63, 3.8) is 0 Å². The highest BCUT2D eigenvalue weighted by Gasteiger charge is 2.21. The minimum Gasteiger partial charge on any atom is -0.283 e. The lowest BCUT2D eigenvalue weighted by Crippen LogP contribution is -1.93. The Bertz CT molecular complexity index is 982. The predicted octanol–water partition coefficient (Wildman–Crippen LogP) is 3.45. The van der Waals surface area contributed by atoms with E-state index in [0.29, 0.717) is 0 Å². The number of para-hydroxylation sites is 2. The van der Waals surface area contributed by atoms with Crippen LogP contribution >= 0.6 is 0 Å². The Kier molecular flexibility index (Phi) is 1.75. The van der Waals surface area contributed by atoms with E-state index in [1.54, 1.807) is 0 Å². The van der Waals surface area contributed by atoms with E-state index in [9.17, 15) is 0 Å². The highest BCUT2D eigenvalue weighted by atomic mass is 15.1. The van der Waals surface area contributed by atoms with Crippen molar-refractivity contribution in [1.29, 1.82) is 0 Å². The summed E-state index contributed by atoms with van der Waals surface area (Å²) in [4.78, 5) is 9.40. The second kappa shape index (κ2) is 3.45. The van der Waals surface area contributed by atoms with Crippen LogP contribution in [0.5, 0.6) is 0 Å². The molecular formula is C17H11N3. The molecule has 0 aliphatic heterocycles. The molecule has 1 aliphatic carbocycles. The van der Waals surface area contributed by atoms with Gasteiger partial charge in [0.05, 0.1) is 16.7 Å². The molecule has 0 unspecified atom stereocenters. The fourth-order valence-electron chi connectivity index (χ4n) is 3.10. The van der Waals surface area contributed by atoms with Gasteiger partial charge in [0.15, 0.2) is 0 Å². The third-order valence-electron chi connectivity index (χ3n) is 4.03. The number of fused-ring (bicyclic) bond motifs is 6. The van der Waals surface area contributed by atoms with E-state index in [-0.39, 0.29) is 0 Å². The molecule has 1 aliphatic rings. The van der Waals surface area contributed by atoms with Gasteiger partial charge in [-0.25, -0.2) is 9.97 Å². The van der Waals surface area contributed by atoms with Crippen LogP contribution in [0.4, 0.5) is 0 Å². The lowest BCUT2D eigenvalue weighted by atomic mass is 10.1. The second-order valence-corrected chi connectivity index (χ2v) is 5.22. The molecule has 0 bridgehead atoms. The lowest BCUT2D eigenvalue weighted by Gasteiger charge is -2.01. The standard InChI is InChI=1S/C17H11N3/c1-2-6-13-11(5-1)9-12-10-20-15-8-4-3-7-14(15)18-17(20)19-16(12)13/h1-8,10H,9H2. The molecule has 4 aromatic rings. The van der Waals surface area contributed by atoms with Gasteiger partial charge in [-0.05, 0) is 23.3 Å². The third-order valence-corrected chi connectivity index (χ3v) is 4.03. The molecule has 0 amide bonds. The molecule has 2 heterocycles. The van der Waals surface area contributed by atoms with Crippen LogP contribution in [0, 0.1) is 0 Å². The topological polar surface area (TPSA) is 30.2 Å². The van der Waals surface area contributed by atoms with Crippen molar-refractivity contribution in [1.82, 2.24) is 14.4 Å². The second-order valence-electron chi connectivity index (χ2n) is 5.22. The van der Waals surface area contributed by atoms with Gasteiger partial charge in [-0.15, -0.1) is 0 Å². The van der Waals surface area contributed by atoms with Crippen molar-refractivity contribution in [3.8, 4) is 11.3 Å². The third kappa shape index (κ3) is 1.19. The summed E-state index contributed by atoms with van der Waals surface area (Å²) in [6, 6.07) is 16.7. The molecule has 0 atom stereocenters. The molecule has 3 nitrogen and oxygen atoms in total. The number of imidazole rings is 1. The summed E-state index contributed by atoms with van der Waals surface area (Å²) in [5.74, 6) is 0.779. The molecule has 2 aromatic heterocycles. The smallest absolute Gasteiger partial charge is 0.235 e. The van der Waals surface area contributed by atoms with Crippen LogP contribution in [0.25, 0.3) is 28.1 Å². The molecule has 2 aromatic carbocycles. The van der Waals surface area contributed by atoms with Crippen LogP contribution in [0.1, 0.15) is 11.1 Å². The van der Waals surface area contributed by atoms with Gasteiger partial charge in [0.1, 0.15) is 0 Å². The fraction of sp³-hybridized carbons (Fsp3) is 0.0588. The van der Waals surface area contributed by atoms with Crippen molar-refractivity contribution in [3.05, 3.63) is 65.9 Å². The molecule has 0 fully saturated rings. The number of nitrogens with zero attached hydrogens (tertiary/aromatic N) is 3. The lowest BCUT2D eigenvalue weighted by molar-refractivity contribution is 1.09. The largest absolute Gasteiger partial charge is 0.283 e. The molecule has 3 heteroatoms. The highest BCUT2D eigenvalue weighted by Crippen LogP contribution is 2.35. The van der Waals surface area contributed by atoms with Crippen LogP contribution < -0.4 is 0 Å². The Morgan fingerprint density at radius 3 is 2.70 bits per heavy atom. The van der Waals surface area contributed by atoms with Crippen molar-refractivity contribution in [2.24, 2.45) is 0 Å². The minimum atomic E-state index is 0.779. The molecule has 20 heavy (non-hydrogen) atoms. The Morgan fingerprint density at radius 2 is 1.70 bits per heavy atom. The van der Waals surface area contributed by atoms with Crippen LogP contribution in [0.15, 0.2) is 54.7 Å². The molecule has 94 valence electrons. The summed E-state index contributed by atoms with van der Waals surface area (Å²) >= 11 is 0. The molecular weight excluding hydrogens is 246 g/mol. The summed E-state index contributed by atoms with van der Waals surface area (Å²) in [5, 5.41) is 0. The number of hydrogen-bond acceptors (Lipinski definition) is 2. The molecule has 0 saturated carbocycles. The van der Waals surface area contributed by atoms with Crippen LogP contribution in [0.3, 0.4) is 0 Å². The molecule has 0 spiro atoms. The summed E-state index contributed by atoms with van der Waals surface area (Å²) in [7, 11) is 0. The number of aromatic nitrogens is 3. The quantitative estimate of drug-likeness (QED) is 0.425. The van der Waals surface area contributed by atoms with E-state index in [1.165, 1.54) is 16.7 Å². The number of rotatable bonds is 0. The van der Waals surface area contributed by atoms with Gasteiger partial charge in [-0.3, -0.25) is 4.40 Å². The van der Waals surface area contributed by atoms with E-state index < -0.39 is 0 Å². The first kappa shape index (κ1) is 10.1.